The second-order valence-electron chi connectivity index (χ2n) is 5.60. The molecule has 0 saturated carbocycles. The third kappa shape index (κ3) is 3.19. The van der Waals surface area contributed by atoms with Gasteiger partial charge in [-0.1, -0.05) is 18.2 Å². The van der Waals surface area contributed by atoms with Gasteiger partial charge < -0.3 is 4.90 Å². The molecule has 1 aromatic rings. The predicted octanol–water partition coefficient (Wildman–Crippen LogP) is 4.01. The molecule has 1 aliphatic heterocycles. The predicted molar refractivity (Wildman–Crippen MR) is 86.1 cm³/mol. The first-order valence-electron chi connectivity index (χ1n) is 7.32. The second kappa shape index (κ2) is 6.56. The summed E-state index contributed by atoms with van der Waals surface area (Å²) >= 11 is 0. The molecule has 106 valence electrons. The number of carbonyl (C=O) groups excluding carboxylic acids is 1. The number of hydrogen-bond donors (Lipinski definition) is 0. The zero-order chi connectivity index (χ0) is 14.5. The van der Waals surface area contributed by atoms with E-state index in [0.717, 1.165) is 19.3 Å². The largest absolute Gasteiger partial charge is 0.369 e. The number of aryl methyl sites for hydroxylation is 1. The van der Waals surface area contributed by atoms with Crippen molar-refractivity contribution in [3.05, 3.63) is 47.6 Å². The van der Waals surface area contributed by atoms with Crippen LogP contribution in [0.15, 0.2) is 36.4 Å². The van der Waals surface area contributed by atoms with Crippen LogP contribution in [0.25, 0.3) is 5.57 Å². The van der Waals surface area contributed by atoms with Gasteiger partial charge in [-0.3, -0.25) is 4.79 Å². The molecule has 2 nitrogen and oxygen atoms in total. The van der Waals surface area contributed by atoms with Crippen LogP contribution in [0.3, 0.4) is 0 Å². The number of fused-ring (bicyclic) bond motifs is 1. The van der Waals surface area contributed by atoms with Gasteiger partial charge in [-0.2, -0.15) is 0 Å². The van der Waals surface area contributed by atoms with Gasteiger partial charge in [-0.05, 0) is 68.5 Å². The maximum absolute atomic E-state index is 10.3. The second-order valence-corrected chi connectivity index (χ2v) is 5.60. The summed E-state index contributed by atoms with van der Waals surface area (Å²) in [6, 6.07) is 7.27. The minimum Gasteiger partial charge on any atom is -0.369 e. The summed E-state index contributed by atoms with van der Waals surface area (Å²) in [4.78, 5) is 12.8. The van der Waals surface area contributed by atoms with Crippen LogP contribution in [0.4, 0.5) is 5.69 Å². The molecule has 0 amide bonds. The first-order chi connectivity index (χ1) is 9.63. The van der Waals surface area contributed by atoms with Crippen molar-refractivity contribution < 1.29 is 4.79 Å². The first kappa shape index (κ1) is 14.6. The Bertz CT molecular complexity index is 540. The Balaban J connectivity index is 2.30. The molecule has 0 aromatic heterocycles. The van der Waals surface area contributed by atoms with Crippen LogP contribution >= 0.6 is 0 Å². The highest BCUT2D eigenvalue weighted by molar-refractivity contribution is 5.72. The van der Waals surface area contributed by atoms with Gasteiger partial charge in [-0.15, -0.1) is 0 Å². The highest BCUT2D eigenvalue weighted by Crippen LogP contribution is 2.31. The zero-order valence-electron chi connectivity index (χ0n) is 12.6. The van der Waals surface area contributed by atoms with Crippen LogP contribution in [0.1, 0.15) is 38.3 Å². The van der Waals surface area contributed by atoms with Gasteiger partial charge >= 0.3 is 0 Å². The molecular weight excluding hydrogens is 246 g/mol. The third-order valence-corrected chi connectivity index (χ3v) is 3.85. The van der Waals surface area contributed by atoms with E-state index in [4.69, 9.17) is 0 Å². The number of aldehydes is 1. The Morgan fingerprint density at radius 3 is 2.80 bits per heavy atom. The number of rotatable bonds is 4. The highest BCUT2D eigenvalue weighted by Gasteiger charge is 2.19. The molecule has 0 unspecified atom stereocenters. The number of carbonyl (C=O) groups is 1. The number of allylic oxidation sites excluding steroid dienone is 4. The van der Waals surface area contributed by atoms with Crippen LogP contribution in [-0.2, 0) is 11.2 Å². The van der Waals surface area contributed by atoms with E-state index in [-0.39, 0.29) is 0 Å². The van der Waals surface area contributed by atoms with Crippen molar-refractivity contribution in [2.24, 2.45) is 0 Å². The first-order valence-corrected chi connectivity index (χ1v) is 7.32. The molecule has 0 saturated heterocycles. The average molecular weight is 269 g/mol. The summed E-state index contributed by atoms with van der Waals surface area (Å²) < 4.78 is 0. The molecular formula is C18H23NO. The van der Waals surface area contributed by atoms with E-state index in [1.54, 1.807) is 6.08 Å². The molecule has 0 radical (unpaired) electrons. The van der Waals surface area contributed by atoms with Gasteiger partial charge in [0.2, 0.25) is 0 Å². The van der Waals surface area contributed by atoms with Crippen LogP contribution in [0.2, 0.25) is 0 Å². The topological polar surface area (TPSA) is 20.3 Å². The van der Waals surface area contributed by atoms with E-state index >= 15 is 0 Å². The Morgan fingerprint density at radius 2 is 2.10 bits per heavy atom. The molecule has 0 N–H and O–H groups in total. The summed E-state index contributed by atoms with van der Waals surface area (Å²) in [5, 5.41) is 0. The van der Waals surface area contributed by atoms with Crippen molar-refractivity contribution in [3.8, 4) is 0 Å². The fourth-order valence-corrected chi connectivity index (χ4v) is 2.75. The fraction of sp³-hybridized carbons (Fsp3) is 0.389. The standard InChI is InChI=1S/C18H23NO/c1-14(2)19-11-6-8-17-13-16(9-10-18(17)19)15(3)7-4-5-12-20/h4-5,7,9-10,12-14H,6,8,11H2,1-3H3. The van der Waals surface area contributed by atoms with Gasteiger partial charge in [-0.25, -0.2) is 0 Å². The van der Waals surface area contributed by atoms with Crippen molar-refractivity contribution in [1.29, 1.82) is 0 Å². The molecule has 0 aliphatic carbocycles. The van der Waals surface area contributed by atoms with Gasteiger partial charge in [0.1, 0.15) is 6.29 Å². The third-order valence-electron chi connectivity index (χ3n) is 3.85. The molecule has 2 rings (SSSR count). The van der Waals surface area contributed by atoms with Crippen LogP contribution in [0.5, 0.6) is 0 Å². The average Bonchev–Trinajstić information content (AvgIpc) is 2.46. The SMILES string of the molecule is CC(=CC=CC=O)c1ccc2c(c1)CCCN2C(C)C. The normalized spacial score (nSPS) is 15.8. The maximum atomic E-state index is 10.3. The number of anilines is 1. The summed E-state index contributed by atoms with van der Waals surface area (Å²) in [6.07, 6.45) is 8.48. The Kier molecular flexibility index (Phi) is 4.78. The Hall–Kier alpha value is -1.83. The van der Waals surface area contributed by atoms with Crippen molar-refractivity contribution in [2.75, 3.05) is 11.4 Å². The Labute approximate surface area is 121 Å². The number of benzene rings is 1. The quantitative estimate of drug-likeness (QED) is 0.468. The van der Waals surface area contributed by atoms with Gasteiger partial charge in [0, 0.05) is 18.3 Å². The summed E-state index contributed by atoms with van der Waals surface area (Å²) in [5.74, 6) is 0. The summed E-state index contributed by atoms with van der Waals surface area (Å²) in [5.41, 5.74) is 5.25. The lowest BCUT2D eigenvalue weighted by Gasteiger charge is -2.35. The van der Waals surface area contributed by atoms with Crippen molar-refractivity contribution in [2.45, 2.75) is 39.7 Å². The molecule has 0 spiro atoms. The molecule has 0 atom stereocenters. The van der Waals surface area contributed by atoms with Crippen LogP contribution in [0, 0.1) is 0 Å². The molecule has 1 heterocycles. The lowest BCUT2D eigenvalue weighted by molar-refractivity contribution is -0.104. The fourth-order valence-electron chi connectivity index (χ4n) is 2.75. The molecule has 1 aliphatic rings. The monoisotopic (exact) mass is 269 g/mol. The van der Waals surface area contributed by atoms with E-state index < -0.39 is 0 Å². The molecule has 0 bridgehead atoms. The van der Waals surface area contributed by atoms with Crippen molar-refractivity contribution in [1.82, 2.24) is 0 Å². The van der Waals surface area contributed by atoms with E-state index in [1.165, 1.54) is 34.9 Å². The van der Waals surface area contributed by atoms with Gasteiger partial charge in [0.05, 0.1) is 0 Å². The van der Waals surface area contributed by atoms with E-state index in [2.05, 4.69) is 43.9 Å². The van der Waals surface area contributed by atoms with Crippen molar-refractivity contribution in [3.63, 3.8) is 0 Å². The highest BCUT2D eigenvalue weighted by atomic mass is 16.1. The van der Waals surface area contributed by atoms with Gasteiger partial charge in [0.25, 0.3) is 0 Å². The maximum Gasteiger partial charge on any atom is 0.142 e. The van der Waals surface area contributed by atoms with Crippen LogP contribution < -0.4 is 4.90 Å². The molecule has 0 fully saturated rings. The van der Waals surface area contributed by atoms with Gasteiger partial charge in [0.15, 0.2) is 0 Å². The van der Waals surface area contributed by atoms with E-state index in [9.17, 15) is 4.79 Å². The molecule has 2 heteroatoms. The summed E-state index contributed by atoms with van der Waals surface area (Å²) in [7, 11) is 0. The van der Waals surface area contributed by atoms with Crippen molar-refractivity contribution >= 4 is 17.5 Å². The number of nitrogens with zero attached hydrogens (tertiary/aromatic N) is 1. The number of hydrogen-bond acceptors (Lipinski definition) is 2. The zero-order valence-corrected chi connectivity index (χ0v) is 12.6. The lowest BCUT2D eigenvalue weighted by Crippen LogP contribution is -2.35. The lowest BCUT2D eigenvalue weighted by atomic mass is 9.95. The minimum absolute atomic E-state index is 0.548. The Morgan fingerprint density at radius 1 is 1.30 bits per heavy atom. The summed E-state index contributed by atoms with van der Waals surface area (Å²) in [6.45, 7) is 7.73. The molecule has 1 aromatic carbocycles. The molecule has 20 heavy (non-hydrogen) atoms. The minimum atomic E-state index is 0.548. The van der Waals surface area contributed by atoms with E-state index in [0.29, 0.717) is 6.04 Å². The van der Waals surface area contributed by atoms with Crippen LogP contribution in [-0.4, -0.2) is 18.9 Å². The van der Waals surface area contributed by atoms with E-state index in [1.807, 2.05) is 6.08 Å². The smallest absolute Gasteiger partial charge is 0.142 e.